The van der Waals surface area contributed by atoms with Gasteiger partial charge in [-0.1, -0.05) is 0 Å². The summed E-state index contributed by atoms with van der Waals surface area (Å²) in [5, 5.41) is 16.8. The van der Waals surface area contributed by atoms with Crippen molar-refractivity contribution in [1.82, 2.24) is 19.5 Å². The van der Waals surface area contributed by atoms with Gasteiger partial charge in [0.25, 0.3) is 5.56 Å². The van der Waals surface area contributed by atoms with Crippen LogP contribution in [0.3, 0.4) is 0 Å². The fourth-order valence-corrected chi connectivity index (χ4v) is 2.75. The minimum absolute atomic E-state index is 0.115. The average Bonchev–Trinajstić information content (AvgIpc) is 2.63. The summed E-state index contributed by atoms with van der Waals surface area (Å²) in [5.41, 5.74) is -0.512. The number of hydrogen-bond acceptors (Lipinski definition) is 8. The molecule has 0 unspecified atom stereocenters. The SMILES string of the molecule is COc1cc(Nc2cc3ccn(CCO)c(=O)c3c(NC(C)(C)C)n2)ncn1. The molecule has 28 heavy (non-hydrogen) atoms. The van der Waals surface area contributed by atoms with E-state index in [0.29, 0.717) is 28.7 Å². The highest BCUT2D eigenvalue weighted by molar-refractivity contribution is 5.93. The van der Waals surface area contributed by atoms with Crippen LogP contribution in [-0.4, -0.2) is 43.9 Å². The van der Waals surface area contributed by atoms with E-state index in [1.807, 2.05) is 26.8 Å². The molecule has 0 spiro atoms. The number of pyridine rings is 2. The van der Waals surface area contributed by atoms with Gasteiger partial charge >= 0.3 is 0 Å². The van der Waals surface area contributed by atoms with Crippen LogP contribution in [0, 0.1) is 0 Å². The summed E-state index contributed by atoms with van der Waals surface area (Å²) < 4.78 is 6.59. The summed E-state index contributed by atoms with van der Waals surface area (Å²) in [6, 6.07) is 5.26. The van der Waals surface area contributed by atoms with E-state index in [-0.39, 0.29) is 24.2 Å². The second kappa shape index (κ2) is 7.81. The maximum Gasteiger partial charge on any atom is 0.262 e. The van der Waals surface area contributed by atoms with Crippen LogP contribution in [0.2, 0.25) is 0 Å². The molecule has 3 N–H and O–H groups in total. The Balaban J connectivity index is 2.12. The first-order valence-corrected chi connectivity index (χ1v) is 8.87. The summed E-state index contributed by atoms with van der Waals surface area (Å²) in [4.78, 5) is 25.6. The molecule has 0 fully saturated rings. The van der Waals surface area contributed by atoms with Crippen molar-refractivity contribution < 1.29 is 9.84 Å². The van der Waals surface area contributed by atoms with E-state index in [1.54, 1.807) is 18.3 Å². The van der Waals surface area contributed by atoms with Crippen molar-refractivity contribution in [2.45, 2.75) is 32.9 Å². The lowest BCUT2D eigenvalue weighted by molar-refractivity contribution is 0.274. The van der Waals surface area contributed by atoms with Crippen molar-refractivity contribution >= 4 is 28.2 Å². The molecule has 0 aliphatic heterocycles. The highest BCUT2D eigenvalue weighted by atomic mass is 16.5. The van der Waals surface area contributed by atoms with Crippen LogP contribution < -0.4 is 20.9 Å². The Kier molecular flexibility index (Phi) is 5.46. The number of aliphatic hydroxyl groups is 1. The number of aliphatic hydroxyl groups excluding tert-OH is 1. The molecule has 0 saturated heterocycles. The van der Waals surface area contributed by atoms with Crippen molar-refractivity contribution in [2.24, 2.45) is 0 Å². The number of nitrogens with one attached hydrogen (secondary N) is 2. The molecule has 3 aromatic rings. The van der Waals surface area contributed by atoms with Gasteiger partial charge in [-0.15, -0.1) is 0 Å². The van der Waals surface area contributed by atoms with E-state index >= 15 is 0 Å². The Morgan fingerprint density at radius 1 is 1.21 bits per heavy atom. The van der Waals surface area contributed by atoms with Gasteiger partial charge in [-0.25, -0.2) is 15.0 Å². The smallest absolute Gasteiger partial charge is 0.262 e. The first kappa shape index (κ1) is 19.6. The molecule has 0 atom stereocenters. The summed E-state index contributed by atoms with van der Waals surface area (Å²) in [7, 11) is 1.53. The number of ether oxygens (including phenoxy) is 1. The molecule has 0 aliphatic rings. The molecule has 0 amide bonds. The Morgan fingerprint density at radius 2 is 2.00 bits per heavy atom. The van der Waals surface area contributed by atoms with Gasteiger partial charge in [-0.05, 0) is 38.3 Å². The van der Waals surface area contributed by atoms with E-state index in [9.17, 15) is 9.90 Å². The fourth-order valence-electron chi connectivity index (χ4n) is 2.75. The van der Waals surface area contributed by atoms with E-state index < -0.39 is 0 Å². The van der Waals surface area contributed by atoms with Gasteiger partial charge in [0.15, 0.2) is 0 Å². The van der Waals surface area contributed by atoms with Crippen LogP contribution in [0.25, 0.3) is 10.8 Å². The highest BCUT2D eigenvalue weighted by Gasteiger charge is 2.17. The Labute approximate surface area is 162 Å². The van der Waals surface area contributed by atoms with Crippen molar-refractivity contribution in [2.75, 3.05) is 24.4 Å². The van der Waals surface area contributed by atoms with Gasteiger partial charge in [-0.2, -0.15) is 0 Å². The summed E-state index contributed by atoms with van der Waals surface area (Å²) >= 11 is 0. The zero-order valence-electron chi connectivity index (χ0n) is 16.4. The number of rotatable bonds is 6. The molecule has 9 nitrogen and oxygen atoms in total. The average molecular weight is 384 g/mol. The normalized spacial score (nSPS) is 11.5. The van der Waals surface area contributed by atoms with Gasteiger partial charge in [0.1, 0.15) is 23.8 Å². The number of methoxy groups -OCH3 is 1. The number of aromatic nitrogens is 4. The molecular weight excluding hydrogens is 360 g/mol. The Hall–Kier alpha value is -3.20. The van der Waals surface area contributed by atoms with Crippen molar-refractivity contribution in [1.29, 1.82) is 0 Å². The first-order valence-electron chi connectivity index (χ1n) is 8.87. The number of fused-ring (bicyclic) bond motifs is 1. The quantitative estimate of drug-likeness (QED) is 0.592. The van der Waals surface area contributed by atoms with Crippen molar-refractivity contribution in [3.63, 3.8) is 0 Å². The number of hydrogen-bond donors (Lipinski definition) is 3. The van der Waals surface area contributed by atoms with E-state index in [4.69, 9.17) is 4.74 Å². The zero-order valence-corrected chi connectivity index (χ0v) is 16.4. The summed E-state index contributed by atoms with van der Waals surface area (Å²) in [5.74, 6) is 1.94. The molecule has 148 valence electrons. The molecule has 3 aromatic heterocycles. The highest BCUT2D eigenvalue weighted by Crippen LogP contribution is 2.26. The summed E-state index contributed by atoms with van der Waals surface area (Å²) in [6.07, 6.45) is 3.06. The summed E-state index contributed by atoms with van der Waals surface area (Å²) in [6.45, 7) is 6.09. The predicted octanol–water partition coefficient (Wildman–Crippen LogP) is 2.14. The maximum absolute atomic E-state index is 12.9. The molecule has 3 heterocycles. The lowest BCUT2D eigenvalue weighted by Gasteiger charge is -2.23. The van der Waals surface area contributed by atoms with Crippen LogP contribution in [0.15, 0.2) is 35.5 Å². The van der Waals surface area contributed by atoms with Crippen LogP contribution in [0.1, 0.15) is 20.8 Å². The second-order valence-corrected chi connectivity index (χ2v) is 7.30. The van der Waals surface area contributed by atoms with E-state index in [1.165, 1.54) is 18.0 Å². The predicted molar refractivity (Wildman–Crippen MR) is 108 cm³/mol. The Morgan fingerprint density at radius 3 is 2.68 bits per heavy atom. The molecule has 0 aromatic carbocycles. The van der Waals surface area contributed by atoms with Crippen molar-refractivity contribution in [3.8, 4) is 5.88 Å². The standard InChI is InChI=1S/C19H24N6O3/c1-19(2,3)24-17-16-12(5-6-25(7-8-26)18(16)27)9-14(23-17)22-13-10-15(28-4)21-11-20-13/h5-6,9-11,26H,7-8H2,1-4H3,(H2,20,21,22,23,24). The fraction of sp³-hybridized carbons (Fsp3) is 0.368. The molecule has 0 saturated carbocycles. The topological polar surface area (TPSA) is 114 Å². The minimum Gasteiger partial charge on any atom is -0.481 e. The van der Waals surface area contributed by atoms with Gasteiger partial charge in [0.05, 0.1) is 19.1 Å². The Bertz CT molecular complexity index is 1040. The van der Waals surface area contributed by atoms with Gasteiger partial charge < -0.3 is 25.0 Å². The minimum atomic E-state index is -0.305. The van der Waals surface area contributed by atoms with E-state index in [0.717, 1.165) is 5.39 Å². The largest absolute Gasteiger partial charge is 0.481 e. The molecule has 0 radical (unpaired) electrons. The number of nitrogens with zero attached hydrogens (tertiary/aromatic N) is 4. The molecule has 9 heteroatoms. The molecule has 0 bridgehead atoms. The van der Waals surface area contributed by atoms with Crippen molar-refractivity contribution in [3.05, 3.63) is 41.1 Å². The zero-order chi connectivity index (χ0) is 20.3. The number of anilines is 3. The lowest BCUT2D eigenvalue weighted by atomic mass is 10.1. The van der Waals surface area contributed by atoms with Gasteiger partial charge in [0, 0.05) is 24.3 Å². The van der Waals surface area contributed by atoms with E-state index in [2.05, 4.69) is 25.6 Å². The first-order chi connectivity index (χ1) is 13.3. The molecule has 3 rings (SSSR count). The second-order valence-electron chi connectivity index (χ2n) is 7.30. The lowest BCUT2D eigenvalue weighted by Crippen LogP contribution is -2.29. The van der Waals surface area contributed by atoms with Crippen LogP contribution in [0.5, 0.6) is 5.88 Å². The molecular formula is C19H24N6O3. The third-order valence-electron chi connectivity index (χ3n) is 3.90. The van der Waals surface area contributed by atoms with Crippen LogP contribution >= 0.6 is 0 Å². The van der Waals surface area contributed by atoms with Crippen LogP contribution in [0.4, 0.5) is 17.5 Å². The third-order valence-corrected chi connectivity index (χ3v) is 3.90. The van der Waals surface area contributed by atoms with Gasteiger partial charge in [-0.3, -0.25) is 4.79 Å². The monoisotopic (exact) mass is 384 g/mol. The van der Waals surface area contributed by atoms with Gasteiger partial charge in [0.2, 0.25) is 5.88 Å². The molecule has 0 aliphatic carbocycles. The maximum atomic E-state index is 12.9. The van der Waals surface area contributed by atoms with Crippen LogP contribution in [-0.2, 0) is 6.54 Å². The third kappa shape index (κ3) is 4.37.